The Bertz CT molecular complexity index is 223. The predicted octanol–water partition coefficient (Wildman–Crippen LogP) is 0.899. The van der Waals surface area contributed by atoms with E-state index >= 15 is 0 Å². The fraction of sp³-hybridized carbons (Fsp3) is 0.444. The molecule has 0 spiro atoms. The van der Waals surface area contributed by atoms with Gasteiger partial charge in [0.05, 0.1) is 6.10 Å². The van der Waals surface area contributed by atoms with Crippen LogP contribution in [-0.2, 0) is 0 Å². The minimum Gasteiger partial charge on any atom is -0.392 e. The van der Waals surface area contributed by atoms with Crippen LogP contribution in [0.2, 0.25) is 0 Å². The van der Waals surface area contributed by atoms with Crippen molar-refractivity contribution in [1.29, 1.82) is 0 Å². The second-order valence-electron chi connectivity index (χ2n) is 2.92. The number of rotatable bonds is 3. The first kappa shape index (κ1) is 9.00. The van der Waals surface area contributed by atoms with Gasteiger partial charge in [-0.05, 0) is 19.1 Å². The molecule has 0 aromatic carbocycles. The van der Waals surface area contributed by atoms with Crippen LogP contribution >= 0.6 is 0 Å². The fourth-order valence-electron chi connectivity index (χ4n) is 1.07. The van der Waals surface area contributed by atoms with Gasteiger partial charge in [-0.15, -0.1) is 0 Å². The summed E-state index contributed by atoms with van der Waals surface area (Å²) < 4.78 is 0. The summed E-state index contributed by atoms with van der Waals surface area (Å²) in [4.78, 5) is 6.07. The second-order valence-corrected chi connectivity index (χ2v) is 2.92. The minimum atomic E-state index is -0.322. The molecule has 1 rings (SSSR count). The van der Waals surface area contributed by atoms with Gasteiger partial charge >= 0.3 is 0 Å². The summed E-state index contributed by atoms with van der Waals surface area (Å²) in [7, 11) is 1.91. The summed E-state index contributed by atoms with van der Waals surface area (Å²) in [5.74, 6) is 0.887. The average molecular weight is 166 g/mol. The molecule has 1 aromatic heterocycles. The first-order chi connectivity index (χ1) is 5.70. The number of aliphatic hydroxyl groups excluding tert-OH is 1. The van der Waals surface area contributed by atoms with Crippen molar-refractivity contribution >= 4 is 5.82 Å². The number of aliphatic hydroxyl groups is 1. The highest BCUT2D eigenvalue weighted by Crippen LogP contribution is 2.06. The molecule has 12 heavy (non-hydrogen) atoms. The first-order valence-corrected chi connectivity index (χ1v) is 4.00. The third kappa shape index (κ3) is 2.51. The predicted molar refractivity (Wildman–Crippen MR) is 49.2 cm³/mol. The van der Waals surface area contributed by atoms with Crippen LogP contribution < -0.4 is 4.90 Å². The van der Waals surface area contributed by atoms with Crippen molar-refractivity contribution in [2.75, 3.05) is 18.5 Å². The Labute approximate surface area is 72.7 Å². The van der Waals surface area contributed by atoms with E-state index in [2.05, 4.69) is 4.98 Å². The van der Waals surface area contributed by atoms with E-state index in [1.165, 1.54) is 0 Å². The maximum Gasteiger partial charge on any atom is 0.128 e. The molecule has 1 heterocycles. The molecule has 66 valence electrons. The third-order valence-corrected chi connectivity index (χ3v) is 1.58. The molecule has 0 aliphatic carbocycles. The lowest BCUT2D eigenvalue weighted by Crippen LogP contribution is -2.27. The van der Waals surface area contributed by atoms with E-state index in [0.717, 1.165) is 5.82 Å². The summed E-state index contributed by atoms with van der Waals surface area (Å²) in [6.07, 6.45) is 1.42. The zero-order valence-electron chi connectivity index (χ0n) is 7.44. The number of anilines is 1. The maximum atomic E-state index is 9.11. The summed E-state index contributed by atoms with van der Waals surface area (Å²) in [5, 5.41) is 9.11. The number of nitrogens with zero attached hydrogens (tertiary/aromatic N) is 2. The molecule has 3 nitrogen and oxygen atoms in total. The fourth-order valence-corrected chi connectivity index (χ4v) is 1.07. The van der Waals surface area contributed by atoms with Crippen molar-refractivity contribution in [3.05, 3.63) is 24.4 Å². The van der Waals surface area contributed by atoms with Crippen molar-refractivity contribution in [3.63, 3.8) is 0 Å². The van der Waals surface area contributed by atoms with E-state index in [9.17, 15) is 0 Å². The Kier molecular flexibility index (Phi) is 3.05. The van der Waals surface area contributed by atoms with Gasteiger partial charge in [0.1, 0.15) is 5.82 Å². The number of likely N-dealkylation sites (N-methyl/N-ethyl adjacent to an activating group) is 1. The normalized spacial score (nSPS) is 12.6. The second kappa shape index (κ2) is 4.07. The van der Waals surface area contributed by atoms with Gasteiger partial charge < -0.3 is 10.0 Å². The highest BCUT2D eigenvalue weighted by atomic mass is 16.3. The Morgan fingerprint density at radius 1 is 1.58 bits per heavy atom. The largest absolute Gasteiger partial charge is 0.392 e. The number of pyridine rings is 1. The molecule has 3 heteroatoms. The Morgan fingerprint density at radius 2 is 2.33 bits per heavy atom. The minimum absolute atomic E-state index is 0.322. The molecule has 0 saturated carbocycles. The number of hydrogen-bond acceptors (Lipinski definition) is 3. The van der Waals surface area contributed by atoms with Crippen LogP contribution in [0.5, 0.6) is 0 Å². The topological polar surface area (TPSA) is 36.4 Å². The highest BCUT2D eigenvalue weighted by Gasteiger charge is 2.03. The summed E-state index contributed by atoms with van der Waals surface area (Å²) in [6.45, 7) is 2.37. The van der Waals surface area contributed by atoms with Crippen molar-refractivity contribution in [2.24, 2.45) is 0 Å². The molecule has 1 aromatic rings. The zero-order chi connectivity index (χ0) is 8.97. The quantitative estimate of drug-likeness (QED) is 0.724. The van der Waals surface area contributed by atoms with Gasteiger partial charge in [-0.3, -0.25) is 0 Å². The molecule has 0 unspecified atom stereocenters. The van der Waals surface area contributed by atoms with Gasteiger partial charge in [-0.1, -0.05) is 6.07 Å². The van der Waals surface area contributed by atoms with E-state index in [1.807, 2.05) is 30.1 Å². The van der Waals surface area contributed by atoms with Crippen molar-refractivity contribution < 1.29 is 5.11 Å². The molecule has 0 radical (unpaired) electrons. The molecular formula is C9H14N2O. The van der Waals surface area contributed by atoms with Crippen molar-refractivity contribution in [2.45, 2.75) is 13.0 Å². The molecule has 0 bridgehead atoms. The standard InChI is InChI=1S/C9H14N2O/c1-8(12)7-11(2)9-5-3-4-6-10-9/h3-6,8,12H,7H2,1-2H3/t8-/m0/s1. The van der Waals surface area contributed by atoms with Gasteiger partial charge in [-0.25, -0.2) is 4.98 Å². The lowest BCUT2D eigenvalue weighted by Gasteiger charge is -2.19. The van der Waals surface area contributed by atoms with E-state index in [-0.39, 0.29) is 6.10 Å². The van der Waals surface area contributed by atoms with Crippen LogP contribution in [0.4, 0.5) is 5.82 Å². The van der Waals surface area contributed by atoms with Crippen LogP contribution in [-0.4, -0.2) is 29.8 Å². The van der Waals surface area contributed by atoms with Crippen LogP contribution in [0.15, 0.2) is 24.4 Å². The summed E-state index contributed by atoms with van der Waals surface area (Å²) in [6, 6.07) is 5.73. The van der Waals surface area contributed by atoms with E-state index in [1.54, 1.807) is 13.1 Å². The van der Waals surface area contributed by atoms with Crippen LogP contribution in [0.3, 0.4) is 0 Å². The molecule has 1 N–H and O–H groups in total. The zero-order valence-corrected chi connectivity index (χ0v) is 7.44. The molecule has 0 fully saturated rings. The molecular weight excluding hydrogens is 152 g/mol. The monoisotopic (exact) mass is 166 g/mol. The molecule has 1 atom stereocenters. The van der Waals surface area contributed by atoms with Crippen LogP contribution in [0.25, 0.3) is 0 Å². The molecule has 0 amide bonds. The SMILES string of the molecule is C[C@H](O)CN(C)c1ccccn1. The first-order valence-electron chi connectivity index (χ1n) is 4.00. The summed E-state index contributed by atoms with van der Waals surface area (Å²) >= 11 is 0. The Balaban J connectivity index is 2.59. The smallest absolute Gasteiger partial charge is 0.128 e. The summed E-state index contributed by atoms with van der Waals surface area (Å²) in [5.41, 5.74) is 0. The maximum absolute atomic E-state index is 9.11. The van der Waals surface area contributed by atoms with Crippen molar-refractivity contribution in [1.82, 2.24) is 4.98 Å². The average Bonchev–Trinajstić information content (AvgIpc) is 2.05. The number of aromatic nitrogens is 1. The van der Waals surface area contributed by atoms with Gasteiger partial charge in [0.25, 0.3) is 0 Å². The Hall–Kier alpha value is -1.09. The molecule has 0 aliphatic rings. The Morgan fingerprint density at radius 3 is 2.83 bits per heavy atom. The third-order valence-electron chi connectivity index (χ3n) is 1.58. The van der Waals surface area contributed by atoms with E-state index < -0.39 is 0 Å². The van der Waals surface area contributed by atoms with E-state index in [4.69, 9.17) is 5.11 Å². The lowest BCUT2D eigenvalue weighted by molar-refractivity contribution is 0.201. The molecule has 0 saturated heterocycles. The molecule has 0 aliphatic heterocycles. The highest BCUT2D eigenvalue weighted by molar-refractivity contribution is 5.36. The van der Waals surface area contributed by atoms with Gasteiger partial charge in [0, 0.05) is 19.8 Å². The van der Waals surface area contributed by atoms with E-state index in [0.29, 0.717) is 6.54 Å². The van der Waals surface area contributed by atoms with Crippen molar-refractivity contribution in [3.8, 4) is 0 Å². The lowest BCUT2D eigenvalue weighted by atomic mass is 10.3. The van der Waals surface area contributed by atoms with Gasteiger partial charge in [0.15, 0.2) is 0 Å². The van der Waals surface area contributed by atoms with Crippen LogP contribution in [0.1, 0.15) is 6.92 Å². The number of hydrogen-bond donors (Lipinski definition) is 1. The van der Waals surface area contributed by atoms with Crippen LogP contribution in [0, 0.1) is 0 Å². The van der Waals surface area contributed by atoms with Gasteiger partial charge in [-0.2, -0.15) is 0 Å². The van der Waals surface area contributed by atoms with Gasteiger partial charge in [0.2, 0.25) is 0 Å².